The molecule has 0 saturated carbocycles. The van der Waals surface area contributed by atoms with Crippen LogP contribution >= 0.6 is 0 Å². The molecule has 2 aromatic heterocycles. The highest BCUT2D eigenvalue weighted by molar-refractivity contribution is 5.76. The predicted octanol–water partition coefficient (Wildman–Crippen LogP) is 1.98. The third kappa shape index (κ3) is 1.79. The maximum atomic E-state index is 12.1. The smallest absolute Gasteiger partial charge is 0.332 e. The van der Waals surface area contributed by atoms with Crippen LogP contribution in [0, 0.1) is 0 Å². The van der Waals surface area contributed by atoms with Crippen LogP contribution in [0.15, 0.2) is 41.3 Å². The van der Waals surface area contributed by atoms with Gasteiger partial charge in [-0.2, -0.15) is 0 Å². The van der Waals surface area contributed by atoms with Crippen LogP contribution in [0.3, 0.4) is 0 Å². The molecule has 3 rings (SSSR count). The van der Waals surface area contributed by atoms with Gasteiger partial charge in [0, 0.05) is 6.20 Å². The Morgan fingerprint density at radius 3 is 2.68 bits per heavy atom. The van der Waals surface area contributed by atoms with Gasteiger partial charge in [0.2, 0.25) is 0 Å². The number of phenolic OH excluding ortho intramolecular Hbond substituents is 1. The molecular weight excluding hydrogens is 242 g/mol. The molecule has 2 heterocycles. The predicted molar refractivity (Wildman–Crippen MR) is 72.7 cm³/mol. The van der Waals surface area contributed by atoms with E-state index in [9.17, 15) is 9.90 Å². The van der Waals surface area contributed by atoms with Crippen LogP contribution in [0.4, 0.5) is 0 Å². The molecule has 19 heavy (non-hydrogen) atoms. The number of aromatic nitrogens is 3. The minimum atomic E-state index is -0.228. The molecule has 3 aromatic rings. The molecule has 96 valence electrons. The summed E-state index contributed by atoms with van der Waals surface area (Å²) in [6.07, 6.45) is 2.53. The van der Waals surface area contributed by atoms with Crippen LogP contribution in [0.5, 0.6) is 5.75 Å². The van der Waals surface area contributed by atoms with E-state index in [-0.39, 0.29) is 11.4 Å². The van der Waals surface area contributed by atoms with Crippen LogP contribution in [-0.2, 0) is 6.42 Å². The lowest BCUT2D eigenvalue weighted by molar-refractivity contribution is 0.475. The normalized spacial score (nSPS) is 11.0. The SMILES string of the molecule is CCc1ccnc2c1[nH]c(=O)n2-c1ccc(O)cc1. The van der Waals surface area contributed by atoms with Crippen molar-refractivity contribution >= 4 is 11.2 Å². The van der Waals surface area contributed by atoms with Gasteiger partial charge in [-0.3, -0.25) is 0 Å². The van der Waals surface area contributed by atoms with Crippen molar-refractivity contribution in [2.24, 2.45) is 0 Å². The highest BCUT2D eigenvalue weighted by atomic mass is 16.3. The van der Waals surface area contributed by atoms with E-state index < -0.39 is 0 Å². The molecule has 0 bridgehead atoms. The van der Waals surface area contributed by atoms with Gasteiger partial charge in [0.15, 0.2) is 5.65 Å². The Morgan fingerprint density at radius 2 is 2.00 bits per heavy atom. The highest BCUT2D eigenvalue weighted by Gasteiger charge is 2.12. The number of aryl methyl sites for hydroxylation is 1. The summed E-state index contributed by atoms with van der Waals surface area (Å²) < 4.78 is 1.51. The van der Waals surface area contributed by atoms with Crippen molar-refractivity contribution in [3.05, 3.63) is 52.6 Å². The topological polar surface area (TPSA) is 70.9 Å². The molecule has 0 amide bonds. The van der Waals surface area contributed by atoms with E-state index in [0.717, 1.165) is 17.5 Å². The number of pyridine rings is 1. The summed E-state index contributed by atoms with van der Waals surface area (Å²) in [5, 5.41) is 9.31. The summed E-state index contributed by atoms with van der Waals surface area (Å²) in [5.74, 6) is 0.166. The number of nitrogens with one attached hydrogen (secondary N) is 1. The maximum absolute atomic E-state index is 12.1. The largest absolute Gasteiger partial charge is 0.508 e. The van der Waals surface area contributed by atoms with Crippen molar-refractivity contribution < 1.29 is 5.11 Å². The third-order valence-electron chi connectivity index (χ3n) is 3.15. The third-order valence-corrected chi connectivity index (χ3v) is 3.15. The Kier molecular flexibility index (Phi) is 2.59. The highest BCUT2D eigenvalue weighted by Crippen LogP contribution is 2.18. The number of fused-ring (bicyclic) bond motifs is 1. The summed E-state index contributed by atoms with van der Waals surface area (Å²) in [7, 11) is 0. The molecule has 0 radical (unpaired) electrons. The first kappa shape index (κ1) is 11.5. The summed E-state index contributed by atoms with van der Waals surface area (Å²) in [6, 6.07) is 8.36. The molecule has 5 heteroatoms. The number of hydrogen-bond donors (Lipinski definition) is 2. The van der Waals surface area contributed by atoms with Gasteiger partial charge >= 0.3 is 5.69 Å². The van der Waals surface area contributed by atoms with Crippen LogP contribution < -0.4 is 5.69 Å². The van der Waals surface area contributed by atoms with Crippen molar-refractivity contribution in [1.29, 1.82) is 0 Å². The number of aromatic hydroxyl groups is 1. The van der Waals surface area contributed by atoms with Gasteiger partial charge in [0.25, 0.3) is 0 Å². The number of phenols is 1. The van der Waals surface area contributed by atoms with Crippen molar-refractivity contribution in [2.45, 2.75) is 13.3 Å². The minimum absolute atomic E-state index is 0.166. The molecule has 2 N–H and O–H groups in total. The zero-order valence-electron chi connectivity index (χ0n) is 10.4. The Balaban J connectivity index is 2.32. The van der Waals surface area contributed by atoms with E-state index in [2.05, 4.69) is 9.97 Å². The van der Waals surface area contributed by atoms with Gasteiger partial charge < -0.3 is 10.1 Å². The fraction of sp³-hybridized carbons (Fsp3) is 0.143. The van der Waals surface area contributed by atoms with Crippen LogP contribution in [0.25, 0.3) is 16.9 Å². The van der Waals surface area contributed by atoms with E-state index in [1.807, 2.05) is 13.0 Å². The summed E-state index contributed by atoms with van der Waals surface area (Å²) >= 11 is 0. The molecule has 0 spiro atoms. The minimum Gasteiger partial charge on any atom is -0.508 e. The second kappa shape index (κ2) is 4.28. The Labute approximate surface area is 109 Å². The summed E-state index contributed by atoms with van der Waals surface area (Å²) in [5.41, 5.74) is 2.88. The van der Waals surface area contributed by atoms with Gasteiger partial charge in [0.05, 0.1) is 11.2 Å². The zero-order chi connectivity index (χ0) is 13.4. The number of imidazole rings is 1. The zero-order valence-corrected chi connectivity index (χ0v) is 10.4. The number of aromatic amines is 1. The van der Waals surface area contributed by atoms with Gasteiger partial charge in [0.1, 0.15) is 5.75 Å². The molecule has 0 saturated heterocycles. The molecular formula is C14H13N3O2. The molecule has 0 aliphatic heterocycles. The first-order valence-corrected chi connectivity index (χ1v) is 6.08. The molecule has 5 nitrogen and oxygen atoms in total. The first-order valence-electron chi connectivity index (χ1n) is 6.08. The first-order chi connectivity index (χ1) is 9.20. The average molecular weight is 255 g/mol. The lowest BCUT2D eigenvalue weighted by Gasteiger charge is -2.03. The summed E-state index contributed by atoms with van der Waals surface area (Å²) in [6.45, 7) is 2.03. The fourth-order valence-corrected chi connectivity index (χ4v) is 2.19. The van der Waals surface area contributed by atoms with E-state index in [1.165, 1.54) is 4.57 Å². The summed E-state index contributed by atoms with van der Waals surface area (Å²) in [4.78, 5) is 19.2. The van der Waals surface area contributed by atoms with Crippen molar-refractivity contribution in [1.82, 2.24) is 14.5 Å². The van der Waals surface area contributed by atoms with Crippen molar-refractivity contribution in [2.75, 3.05) is 0 Å². The number of rotatable bonds is 2. The molecule has 0 fully saturated rings. The molecule has 0 atom stereocenters. The fourth-order valence-electron chi connectivity index (χ4n) is 2.19. The van der Waals surface area contributed by atoms with Crippen LogP contribution in [-0.4, -0.2) is 19.6 Å². The molecule has 0 aliphatic carbocycles. The van der Waals surface area contributed by atoms with E-state index in [1.54, 1.807) is 30.5 Å². The van der Waals surface area contributed by atoms with Crippen molar-refractivity contribution in [3.8, 4) is 11.4 Å². The number of hydrogen-bond acceptors (Lipinski definition) is 3. The molecule has 0 aliphatic rings. The lowest BCUT2D eigenvalue weighted by Crippen LogP contribution is -2.14. The standard InChI is InChI=1S/C14H13N3O2/c1-2-9-7-8-15-13-12(9)16-14(19)17(13)10-3-5-11(18)6-4-10/h3-8,18H,2H2,1H3,(H,16,19). The molecule has 0 unspecified atom stereocenters. The van der Waals surface area contributed by atoms with Gasteiger partial charge in [-0.1, -0.05) is 6.92 Å². The van der Waals surface area contributed by atoms with E-state index in [0.29, 0.717) is 11.3 Å². The maximum Gasteiger partial charge on any atom is 0.332 e. The van der Waals surface area contributed by atoms with Gasteiger partial charge in [-0.05, 0) is 42.3 Å². The van der Waals surface area contributed by atoms with Gasteiger partial charge in [-0.25, -0.2) is 14.3 Å². The molecule has 1 aromatic carbocycles. The van der Waals surface area contributed by atoms with E-state index >= 15 is 0 Å². The lowest BCUT2D eigenvalue weighted by atomic mass is 10.2. The average Bonchev–Trinajstić information content (AvgIpc) is 2.76. The van der Waals surface area contributed by atoms with Crippen molar-refractivity contribution in [3.63, 3.8) is 0 Å². The Bertz CT molecular complexity index is 785. The Morgan fingerprint density at radius 1 is 1.26 bits per heavy atom. The monoisotopic (exact) mass is 255 g/mol. The number of benzene rings is 1. The second-order valence-corrected chi connectivity index (χ2v) is 4.30. The Hall–Kier alpha value is -2.56. The van der Waals surface area contributed by atoms with Gasteiger partial charge in [-0.15, -0.1) is 0 Å². The van der Waals surface area contributed by atoms with E-state index in [4.69, 9.17) is 0 Å². The number of nitrogens with zero attached hydrogens (tertiary/aromatic N) is 2. The van der Waals surface area contributed by atoms with Crippen LogP contribution in [0.1, 0.15) is 12.5 Å². The quantitative estimate of drug-likeness (QED) is 0.735. The van der Waals surface area contributed by atoms with Crippen LogP contribution in [0.2, 0.25) is 0 Å². The number of H-pyrrole nitrogens is 1. The second-order valence-electron chi connectivity index (χ2n) is 4.30.